The number of hydrogen-bond donors (Lipinski definition) is 1. The number of ether oxygens (including phenoxy) is 2. The van der Waals surface area contributed by atoms with E-state index in [0.717, 1.165) is 42.5 Å². The van der Waals surface area contributed by atoms with Crippen molar-refractivity contribution in [1.82, 2.24) is 0 Å². The highest BCUT2D eigenvalue weighted by molar-refractivity contribution is 7.16. The van der Waals surface area contributed by atoms with Gasteiger partial charge in [0.05, 0.1) is 10.6 Å². The molecule has 1 aliphatic carbocycles. The minimum Gasteiger partial charge on any atom is -0.454 e. The summed E-state index contributed by atoms with van der Waals surface area (Å²) >= 11 is 7.98. The zero-order valence-electron chi connectivity index (χ0n) is 16.1. The van der Waals surface area contributed by atoms with E-state index >= 15 is 0 Å². The van der Waals surface area contributed by atoms with Crippen molar-refractivity contribution in [3.05, 3.63) is 69.1 Å². The lowest BCUT2D eigenvalue weighted by Gasteiger charge is -2.12. The van der Waals surface area contributed by atoms with Crippen molar-refractivity contribution in [3.63, 3.8) is 0 Å². The third-order valence-electron chi connectivity index (χ3n) is 5.22. The van der Waals surface area contributed by atoms with E-state index in [1.165, 1.54) is 4.88 Å². The third-order valence-corrected chi connectivity index (χ3v) is 6.75. The maximum atomic E-state index is 13.2. The Kier molecular flexibility index (Phi) is 5.19. The highest BCUT2D eigenvalue weighted by Crippen LogP contribution is 2.41. The van der Waals surface area contributed by atoms with Gasteiger partial charge in [-0.1, -0.05) is 29.8 Å². The first-order valence-corrected chi connectivity index (χ1v) is 11.0. The van der Waals surface area contributed by atoms with Crippen LogP contribution in [0.4, 0.5) is 10.7 Å². The molecule has 0 saturated heterocycles. The quantitative estimate of drug-likeness (QED) is 0.507. The number of hydrogen-bond acceptors (Lipinski definition) is 5. The number of halogens is 1. The molecule has 0 unspecified atom stereocenters. The number of fused-ring (bicyclic) bond motifs is 2. The predicted molar refractivity (Wildman–Crippen MR) is 120 cm³/mol. The lowest BCUT2D eigenvalue weighted by Crippen LogP contribution is -2.14. The van der Waals surface area contributed by atoms with Crippen LogP contribution < -0.4 is 14.8 Å². The zero-order valence-corrected chi connectivity index (χ0v) is 17.7. The number of anilines is 1. The molecule has 1 aliphatic heterocycles. The van der Waals surface area contributed by atoms with Gasteiger partial charge < -0.3 is 14.8 Å². The number of carbonyl (C=O) groups is 1. The van der Waals surface area contributed by atoms with Gasteiger partial charge in [-0.05, 0) is 49.4 Å². The van der Waals surface area contributed by atoms with E-state index in [2.05, 4.69) is 10.3 Å². The number of para-hydroxylation sites is 1. The number of nitrogens with zero attached hydrogens (tertiary/aromatic N) is 1. The molecule has 0 radical (unpaired) electrons. The van der Waals surface area contributed by atoms with Crippen LogP contribution in [-0.4, -0.2) is 18.9 Å². The van der Waals surface area contributed by atoms with Crippen LogP contribution in [0.2, 0.25) is 5.02 Å². The lowest BCUT2D eigenvalue weighted by molar-refractivity contribution is 0.102. The van der Waals surface area contributed by atoms with Crippen LogP contribution in [0, 0.1) is 0 Å². The standard InChI is InChI=1S/C23H19ClN2O3S/c24-17-11-19-18(28-13-29-19)10-14(17)12-25-23-21(16-8-4-5-9-20(16)30-23)22(27)26-15-6-2-1-3-7-15/h1-3,6-7,10-12H,4-5,8-9,13H2,(H,26,27). The van der Waals surface area contributed by atoms with Gasteiger partial charge in [0.25, 0.3) is 5.91 Å². The Labute approximate surface area is 183 Å². The lowest BCUT2D eigenvalue weighted by atomic mass is 9.95. The van der Waals surface area contributed by atoms with Gasteiger partial charge in [0.2, 0.25) is 6.79 Å². The molecular weight excluding hydrogens is 420 g/mol. The summed E-state index contributed by atoms with van der Waals surface area (Å²) < 4.78 is 10.8. The van der Waals surface area contributed by atoms with Crippen LogP contribution in [-0.2, 0) is 12.8 Å². The summed E-state index contributed by atoms with van der Waals surface area (Å²) in [6, 6.07) is 13.0. The second-order valence-electron chi connectivity index (χ2n) is 7.20. The van der Waals surface area contributed by atoms with E-state index in [4.69, 9.17) is 21.1 Å². The van der Waals surface area contributed by atoms with Crippen molar-refractivity contribution < 1.29 is 14.3 Å². The minimum absolute atomic E-state index is 0.121. The minimum atomic E-state index is -0.121. The fourth-order valence-electron chi connectivity index (χ4n) is 3.75. The van der Waals surface area contributed by atoms with Gasteiger partial charge in [-0.15, -0.1) is 11.3 Å². The average Bonchev–Trinajstić information content (AvgIpc) is 3.36. The number of nitrogens with one attached hydrogen (secondary N) is 1. The van der Waals surface area contributed by atoms with Gasteiger partial charge in [-0.25, -0.2) is 4.99 Å². The molecule has 152 valence electrons. The SMILES string of the molecule is O=C(Nc1ccccc1)c1c(N=Cc2cc3c(cc2Cl)OCO3)sc2c1CCCC2. The molecule has 0 bridgehead atoms. The van der Waals surface area contributed by atoms with Crippen LogP contribution in [0.5, 0.6) is 11.5 Å². The molecular formula is C23H19ClN2O3S. The summed E-state index contributed by atoms with van der Waals surface area (Å²) in [5.74, 6) is 1.16. The van der Waals surface area contributed by atoms with E-state index in [1.54, 1.807) is 23.6 Å². The van der Waals surface area contributed by atoms with Crippen LogP contribution in [0.1, 0.15) is 39.2 Å². The summed E-state index contributed by atoms with van der Waals surface area (Å²) in [7, 11) is 0. The normalized spacial score (nSPS) is 14.7. The molecule has 2 aliphatic rings. The van der Waals surface area contributed by atoms with Gasteiger partial charge in [0, 0.05) is 28.4 Å². The van der Waals surface area contributed by atoms with E-state index in [0.29, 0.717) is 27.1 Å². The highest BCUT2D eigenvalue weighted by atomic mass is 35.5. The Morgan fingerprint density at radius 3 is 2.70 bits per heavy atom. The van der Waals surface area contributed by atoms with Crippen LogP contribution >= 0.6 is 22.9 Å². The molecule has 0 atom stereocenters. The number of carbonyl (C=O) groups excluding carboxylic acids is 1. The summed E-state index contributed by atoms with van der Waals surface area (Å²) in [5, 5.41) is 4.25. The molecule has 0 spiro atoms. The predicted octanol–water partition coefficient (Wildman–Crippen LogP) is 6.01. The molecule has 1 amide bonds. The summed E-state index contributed by atoms with van der Waals surface area (Å²) in [4.78, 5) is 19.1. The smallest absolute Gasteiger partial charge is 0.259 e. The third kappa shape index (κ3) is 3.68. The van der Waals surface area contributed by atoms with Gasteiger partial charge in [0.1, 0.15) is 5.00 Å². The Morgan fingerprint density at radius 1 is 1.10 bits per heavy atom. The summed E-state index contributed by atoms with van der Waals surface area (Å²) in [6.07, 6.45) is 5.83. The Morgan fingerprint density at radius 2 is 1.87 bits per heavy atom. The van der Waals surface area contributed by atoms with Gasteiger partial charge in [-0.2, -0.15) is 0 Å². The zero-order chi connectivity index (χ0) is 20.5. The molecule has 3 aromatic rings. The summed E-state index contributed by atoms with van der Waals surface area (Å²) in [5.41, 5.74) is 3.30. The van der Waals surface area contributed by atoms with Crippen molar-refractivity contribution in [1.29, 1.82) is 0 Å². The van der Waals surface area contributed by atoms with E-state index in [-0.39, 0.29) is 12.7 Å². The second-order valence-corrected chi connectivity index (χ2v) is 8.69. The Bertz CT molecular complexity index is 1140. The van der Waals surface area contributed by atoms with E-state index in [9.17, 15) is 4.79 Å². The first-order chi connectivity index (χ1) is 14.7. The second kappa shape index (κ2) is 8.13. The molecule has 1 N–H and O–H groups in total. The number of thiophene rings is 1. The summed E-state index contributed by atoms with van der Waals surface area (Å²) in [6.45, 7) is 0.188. The van der Waals surface area contributed by atoms with Crippen molar-refractivity contribution in [2.45, 2.75) is 25.7 Å². The van der Waals surface area contributed by atoms with Crippen LogP contribution in [0.15, 0.2) is 47.5 Å². The molecule has 0 fully saturated rings. The maximum absolute atomic E-state index is 13.2. The number of aryl methyl sites for hydroxylation is 1. The molecule has 7 heteroatoms. The monoisotopic (exact) mass is 438 g/mol. The van der Waals surface area contributed by atoms with E-state index < -0.39 is 0 Å². The van der Waals surface area contributed by atoms with Crippen molar-refractivity contribution in [2.75, 3.05) is 12.1 Å². The molecule has 1 aromatic heterocycles. The van der Waals surface area contributed by atoms with Gasteiger partial charge in [0.15, 0.2) is 11.5 Å². The number of amides is 1. The Balaban J connectivity index is 1.50. The number of rotatable bonds is 4. The molecule has 5 nitrogen and oxygen atoms in total. The maximum Gasteiger partial charge on any atom is 0.259 e. The Hall–Kier alpha value is -2.83. The molecule has 0 saturated carbocycles. The fraction of sp³-hybridized carbons (Fsp3) is 0.217. The first-order valence-electron chi connectivity index (χ1n) is 9.83. The molecule has 5 rings (SSSR count). The largest absolute Gasteiger partial charge is 0.454 e. The number of aliphatic imine (C=N–C) groups is 1. The fourth-order valence-corrected chi connectivity index (χ4v) is 5.18. The van der Waals surface area contributed by atoms with Crippen molar-refractivity contribution in [2.24, 2.45) is 4.99 Å². The van der Waals surface area contributed by atoms with E-state index in [1.807, 2.05) is 36.4 Å². The number of benzene rings is 2. The van der Waals surface area contributed by atoms with Crippen molar-refractivity contribution >= 4 is 45.7 Å². The van der Waals surface area contributed by atoms with Crippen LogP contribution in [0.25, 0.3) is 0 Å². The topological polar surface area (TPSA) is 59.9 Å². The molecule has 30 heavy (non-hydrogen) atoms. The molecule has 2 heterocycles. The average molecular weight is 439 g/mol. The van der Waals surface area contributed by atoms with Crippen molar-refractivity contribution in [3.8, 4) is 11.5 Å². The molecule has 2 aromatic carbocycles. The first kappa shape index (κ1) is 19.2. The van der Waals surface area contributed by atoms with Gasteiger partial charge in [-0.3, -0.25) is 4.79 Å². The van der Waals surface area contributed by atoms with Gasteiger partial charge >= 0.3 is 0 Å². The van der Waals surface area contributed by atoms with Crippen LogP contribution in [0.3, 0.4) is 0 Å². The highest BCUT2D eigenvalue weighted by Gasteiger charge is 2.25.